The maximum atomic E-state index is 13.2. The fourth-order valence-electron chi connectivity index (χ4n) is 3.59. The number of carbonyl (C=O) groups is 1. The summed E-state index contributed by atoms with van der Waals surface area (Å²) in [6.45, 7) is 1.67. The minimum atomic E-state index is -4.53. The number of anilines is 1. The Morgan fingerprint density at radius 3 is 2.72 bits per heavy atom. The third kappa shape index (κ3) is 6.70. The van der Waals surface area contributed by atoms with Gasteiger partial charge >= 0.3 is 6.18 Å². The van der Waals surface area contributed by atoms with Gasteiger partial charge in [0.1, 0.15) is 23.0 Å². The molecule has 0 unspecified atom stereocenters. The summed E-state index contributed by atoms with van der Waals surface area (Å²) >= 11 is 0. The van der Waals surface area contributed by atoms with E-state index >= 15 is 0 Å². The van der Waals surface area contributed by atoms with Crippen molar-refractivity contribution in [3.05, 3.63) is 89.3 Å². The largest absolute Gasteiger partial charge is 0.457 e. The average Bonchev–Trinajstić information content (AvgIpc) is 3.38. The SMILES string of the molecule is NCCc1cc(NC(=O)C=Cc2cccc(Oc3ccnc(C4=NCCN4)c3)c2)cc(C(F)(F)F)c1. The second-order valence-electron chi connectivity index (χ2n) is 7.99. The number of benzene rings is 2. The Kier molecular flexibility index (Phi) is 7.65. The molecule has 4 rings (SSSR count). The van der Waals surface area contributed by atoms with Crippen LogP contribution < -0.4 is 21.1 Å². The van der Waals surface area contributed by atoms with E-state index in [0.29, 0.717) is 34.9 Å². The predicted octanol–water partition coefficient (Wildman–Crippen LogP) is 4.40. The summed E-state index contributed by atoms with van der Waals surface area (Å²) in [5.74, 6) is 1.27. The van der Waals surface area contributed by atoms with Crippen LogP contribution >= 0.6 is 0 Å². The van der Waals surface area contributed by atoms with E-state index in [-0.39, 0.29) is 18.7 Å². The number of pyridine rings is 1. The molecular formula is C26H24F3N5O2. The Bertz CT molecular complexity index is 1300. The molecule has 0 fully saturated rings. The number of nitrogens with one attached hydrogen (secondary N) is 2. The van der Waals surface area contributed by atoms with Crippen molar-refractivity contribution >= 4 is 23.5 Å². The molecule has 0 radical (unpaired) electrons. The first-order valence-corrected chi connectivity index (χ1v) is 11.2. The number of nitrogens with zero attached hydrogens (tertiary/aromatic N) is 2. The lowest BCUT2D eigenvalue weighted by atomic mass is 10.1. The molecule has 4 N–H and O–H groups in total. The summed E-state index contributed by atoms with van der Waals surface area (Å²) in [4.78, 5) is 21.0. The van der Waals surface area contributed by atoms with Gasteiger partial charge in [-0.3, -0.25) is 14.8 Å². The zero-order valence-corrected chi connectivity index (χ0v) is 19.2. The molecule has 0 saturated heterocycles. The maximum Gasteiger partial charge on any atom is 0.416 e. The molecule has 3 aromatic rings. The quantitative estimate of drug-likeness (QED) is 0.402. The van der Waals surface area contributed by atoms with Crippen molar-refractivity contribution in [2.75, 3.05) is 25.0 Å². The summed E-state index contributed by atoms with van der Waals surface area (Å²) in [5.41, 5.74) is 6.44. The van der Waals surface area contributed by atoms with Crippen LogP contribution in [0, 0.1) is 0 Å². The Morgan fingerprint density at radius 2 is 1.97 bits per heavy atom. The van der Waals surface area contributed by atoms with E-state index in [1.807, 2.05) is 0 Å². The van der Waals surface area contributed by atoms with Crippen molar-refractivity contribution in [2.45, 2.75) is 12.6 Å². The fraction of sp³-hybridized carbons (Fsp3) is 0.192. The van der Waals surface area contributed by atoms with Gasteiger partial charge in [0.05, 0.1) is 12.1 Å². The van der Waals surface area contributed by atoms with Crippen LogP contribution in [0.3, 0.4) is 0 Å². The van der Waals surface area contributed by atoms with E-state index < -0.39 is 17.6 Å². The van der Waals surface area contributed by atoms with Gasteiger partial charge in [0.2, 0.25) is 5.91 Å². The van der Waals surface area contributed by atoms with E-state index in [2.05, 4.69) is 20.6 Å². The zero-order chi connectivity index (χ0) is 25.5. The van der Waals surface area contributed by atoms with Gasteiger partial charge in [-0.2, -0.15) is 13.2 Å². The predicted molar refractivity (Wildman–Crippen MR) is 132 cm³/mol. The molecule has 186 valence electrons. The number of hydrogen-bond donors (Lipinski definition) is 3. The lowest BCUT2D eigenvalue weighted by Crippen LogP contribution is -2.20. The smallest absolute Gasteiger partial charge is 0.416 e. The number of halogens is 3. The number of carbonyl (C=O) groups excluding carboxylic acids is 1. The van der Waals surface area contributed by atoms with Crippen LogP contribution in [0.15, 0.2) is 71.9 Å². The van der Waals surface area contributed by atoms with Crippen LogP contribution in [0.1, 0.15) is 22.4 Å². The Labute approximate surface area is 205 Å². The highest BCUT2D eigenvalue weighted by Crippen LogP contribution is 2.32. The van der Waals surface area contributed by atoms with Gasteiger partial charge in [0, 0.05) is 30.6 Å². The third-order valence-electron chi connectivity index (χ3n) is 5.19. The van der Waals surface area contributed by atoms with Crippen molar-refractivity contribution < 1.29 is 22.7 Å². The van der Waals surface area contributed by atoms with Crippen LogP contribution in [0.2, 0.25) is 0 Å². The molecule has 36 heavy (non-hydrogen) atoms. The number of rotatable bonds is 8. The molecule has 0 atom stereocenters. The van der Waals surface area contributed by atoms with Crippen molar-refractivity contribution in [1.82, 2.24) is 10.3 Å². The second kappa shape index (κ2) is 11.0. The highest BCUT2D eigenvalue weighted by atomic mass is 19.4. The normalized spacial score (nSPS) is 13.4. The Hall–Kier alpha value is -4.18. The van der Waals surface area contributed by atoms with Gasteiger partial charge in [-0.25, -0.2) is 0 Å². The minimum absolute atomic E-state index is 0.0508. The fourth-order valence-corrected chi connectivity index (χ4v) is 3.59. The molecular weight excluding hydrogens is 471 g/mol. The molecule has 1 amide bonds. The van der Waals surface area contributed by atoms with Crippen LogP contribution in [-0.4, -0.2) is 36.4 Å². The molecule has 1 aromatic heterocycles. The second-order valence-corrected chi connectivity index (χ2v) is 7.99. The number of amides is 1. The molecule has 1 aliphatic rings. The van der Waals surface area contributed by atoms with Gasteiger partial charge in [-0.05, 0) is 66.6 Å². The molecule has 2 heterocycles. The summed E-state index contributed by atoms with van der Waals surface area (Å²) < 4.78 is 45.6. The van der Waals surface area contributed by atoms with Gasteiger partial charge in [-0.1, -0.05) is 12.1 Å². The van der Waals surface area contributed by atoms with Gasteiger partial charge < -0.3 is 21.1 Å². The Balaban J connectivity index is 1.43. The number of ether oxygens (including phenoxy) is 1. The van der Waals surface area contributed by atoms with Crippen LogP contribution in [0.5, 0.6) is 11.5 Å². The summed E-state index contributed by atoms with van der Waals surface area (Å²) in [6, 6.07) is 14.0. The van der Waals surface area contributed by atoms with E-state index in [4.69, 9.17) is 10.5 Å². The first-order valence-electron chi connectivity index (χ1n) is 11.2. The first-order chi connectivity index (χ1) is 17.3. The molecule has 1 aliphatic heterocycles. The molecule has 0 bridgehead atoms. The number of aliphatic imine (C=N–C) groups is 1. The molecule has 0 saturated carbocycles. The number of aromatic nitrogens is 1. The van der Waals surface area contributed by atoms with Gasteiger partial charge in [0.15, 0.2) is 0 Å². The van der Waals surface area contributed by atoms with Crippen molar-refractivity contribution in [1.29, 1.82) is 0 Å². The van der Waals surface area contributed by atoms with Crippen LogP contribution in [0.4, 0.5) is 18.9 Å². The topological polar surface area (TPSA) is 102 Å². The van der Waals surface area contributed by atoms with Crippen LogP contribution in [-0.2, 0) is 17.4 Å². The highest BCUT2D eigenvalue weighted by Gasteiger charge is 2.31. The number of nitrogens with two attached hydrogens (primary N) is 1. The lowest BCUT2D eigenvalue weighted by molar-refractivity contribution is -0.137. The monoisotopic (exact) mass is 495 g/mol. The summed E-state index contributed by atoms with van der Waals surface area (Å²) in [7, 11) is 0. The average molecular weight is 496 g/mol. The molecule has 7 nitrogen and oxygen atoms in total. The minimum Gasteiger partial charge on any atom is -0.457 e. The number of hydrogen-bond acceptors (Lipinski definition) is 6. The summed E-state index contributed by atoms with van der Waals surface area (Å²) in [6.07, 6.45) is 0.159. The van der Waals surface area contributed by atoms with Gasteiger partial charge in [0.25, 0.3) is 0 Å². The Morgan fingerprint density at radius 1 is 1.14 bits per heavy atom. The standard InChI is InChI=1S/C26H24F3N5O2/c27-26(28,29)19-12-18(6-8-30)13-20(15-19)34-24(35)5-4-17-2-1-3-21(14-17)36-22-7-9-31-23(16-22)25-32-10-11-33-25/h1-5,7,9,12-16H,6,8,10-11,30H2,(H,32,33)(H,34,35). The summed E-state index contributed by atoms with van der Waals surface area (Å²) in [5, 5.41) is 5.65. The van der Waals surface area contributed by atoms with Crippen molar-refractivity contribution in [2.24, 2.45) is 10.7 Å². The third-order valence-corrected chi connectivity index (χ3v) is 5.19. The van der Waals surface area contributed by atoms with E-state index in [1.54, 1.807) is 48.7 Å². The van der Waals surface area contributed by atoms with Gasteiger partial charge in [-0.15, -0.1) is 0 Å². The van der Waals surface area contributed by atoms with E-state index in [1.165, 1.54) is 12.1 Å². The van der Waals surface area contributed by atoms with E-state index in [0.717, 1.165) is 24.5 Å². The highest BCUT2D eigenvalue weighted by molar-refractivity contribution is 6.02. The van der Waals surface area contributed by atoms with E-state index in [9.17, 15) is 18.0 Å². The molecule has 2 aromatic carbocycles. The number of alkyl halides is 3. The van der Waals surface area contributed by atoms with Crippen LogP contribution in [0.25, 0.3) is 6.08 Å². The number of amidine groups is 1. The maximum absolute atomic E-state index is 13.2. The molecule has 0 spiro atoms. The first kappa shape index (κ1) is 24.9. The zero-order valence-electron chi connectivity index (χ0n) is 19.2. The molecule has 10 heteroatoms. The van der Waals surface area contributed by atoms with Crippen molar-refractivity contribution in [3.8, 4) is 11.5 Å². The van der Waals surface area contributed by atoms with Crippen molar-refractivity contribution in [3.63, 3.8) is 0 Å². The molecule has 0 aliphatic carbocycles. The lowest BCUT2D eigenvalue weighted by Gasteiger charge is -2.12.